The van der Waals surface area contributed by atoms with Crippen LogP contribution in [-0.2, 0) is 19.2 Å². The number of nitrogens with one attached hydrogen (secondary N) is 2. The summed E-state index contributed by atoms with van der Waals surface area (Å²) in [4.78, 5) is 41.2. The highest BCUT2D eigenvalue weighted by atomic mass is 16.6. The Morgan fingerprint density at radius 1 is 1.11 bits per heavy atom. The predicted octanol–water partition coefficient (Wildman–Crippen LogP) is 3.56. The molecule has 9 nitrogen and oxygen atoms in total. The van der Waals surface area contributed by atoms with Gasteiger partial charge in [0, 0.05) is 0 Å². The lowest BCUT2D eigenvalue weighted by atomic mass is 9.47. The molecule has 3 saturated carbocycles. The Hall–Kier alpha value is -2.42. The molecule has 212 valence electrons. The second-order valence-electron chi connectivity index (χ2n) is 12.5. The van der Waals surface area contributed by atoms with Crippen molar-refractivity contribution in [2.75, 3.05) is 6.61 Å². The zero-order valence-electron chi connectivity index (χ0n) is 23.3. The number of oxime groups is 1. The highest BCUT2D eigenvalue weighted by Crippen LogP contribution is 2.65. The molecule has 4 aliphatic carbocycles. The summed E-state index contributed by atoms with van der Waals surface area (Å²) in [5.41, 5.74) is 2.52. The number of carboxylic acids is 1. The first-order valence-electron chi connectivity index (χ1n) is 14.4. The third-order valence-electron chi connectivity index (χ3n) is 10.3. The average Bonchev–Trinajstić information content (AvgIpc) is 3.18. The fourth-order valence-electron chi connectivity index (χ4n) is 7.98. The lowest BCUT2D eigenvalue weighted by Crippen LogP contribution is -2.51. The molecule has 0 aromatic rings. The van der Waals surface area contributed by atoms with Crippen LogP contribution in [0.1, 0.15) is 91.9 Å². The highest BCUT2D eigenvalue weighted by Gasteiger charge is 2.58. The van der Waals surface area contributed by atoms with E-state index in [-0.39, 0.29) is 23.5 Å². The summed E-state index contributed by atoms with van der Waals surface area (Å²) in [6, 6.07) is -1.86. The number of nitrogens with zero attached hydrogens (tertiary/aromatic N) is 1. The number of amides is 2. The van der Waals surface area contributed by atoms with Crippen LogP contribution in [0.2, 0.25) is 0 Å². The van der Waals surface area contributed by atoms with Crippen LogP contribution >= 0.6 is 0 Å². The zero-order chi connectivity index (χ0) is 27.7. The van der Waals surface area contributed by atoms with Crippen molar-refractivity contribution in [2.24, 2.45) is 33.7 Å². The van der Waals surface area contributed by atoms with Crippen LogP contribution in [0.4, 0.5) is 0 Å². The molecule has 2 amide bonds. The van der Waals surface area contributed by atoms with Crippen LogP contribution in [0.5, 0.6) is 0 Å². The summed E-state index contributed by atoms with van der Waals surface area (Å²) in [5.74, 6) is -0.186. The van der Waals surface area contributed by atoms with E-state index >= 15 is 0 Å². The molecule has 0 spiro atoms. The number of aliphatic hydroxyl groups excluding tert-OH is 1. The van der Waals surface area contributed by atoms with E-state index in [2.05, 4.69) is 35.7 Å². The number of rotatable bonds is 9. The van der Waals surface area contributed by atoms with Crippen LogP contribution in [0.15, 0.2) is 16.8 Å². The summed E-state index contributed by atoms with van der Waals surface area (Å²) in [5, 5.41) is 29.1. The monoisotopic (exact) mass is 531 g/mol. The quantitative estimate of drug-likeness (QED) is 0.336. The molecule has 0 aliphatic heterocycles. The average molecular weight is 532 g/mol. The van der Waals surface area contributed by atoms with Gasteiger partial charge in [0.1, 0.15) is 12.1 Å². The molecule has 0 heterocycles. The molecule has 0 bridgehead atoms. The molecule has 6 unspecified atom stereocenters. The number of hydrogen-bond donors (Lipinski definition) is 4. The molecule has 3 fully saturated rings. The Labute approximate surface area is 225 Å². The van der Waals surface area contributed by atoms with E-state index in [1.165, 1.54) is 18.9 Å². The second-order valence-corrected chi connectivity index (χ2v) is 12.5. The highest BCUT2D eigenvalue weighted by molar-refractivity contribution is 5.96. The van der Waals surface area contributed by atoms with Gasteiger partial charge in [0.25, 0.3) is 5.91 Å². The Bertz CT molecular complexity index is 995. The number of allylic oxidation sites excluding steroid dienone is 2. The number of aliphatic carboxylic acids is 1. The van der Waals surface area contributed by atoms with E-state index in [1.807, 2.05) is 6.92 Å². The molecule has 0 aromatic carbocycles. The van der Waals surface area contributed by atoms with Gasteiger partial charge in [-0.1, -0.05) is 37.9 Å². The Balaban J connectivity index is 1.30. The number of carbonyl (C=O) groups excluding carboxylic acids is 2. The van der Waals surface area contributed by atoms with E-state index in [4.69, 9.17) is 4.84 Å². The molecule has 4 rings (SSSR count). The van der Waals surface area contributed by atoms with Gasteiger partial charge in [-0.2, -0.15) is 0 Å². The summed E-state index contributed by atoms with van der Waals surface area (Å²) in [6.45, 7) is 7.76. The van der Waals surface area contributed by atoms with E-state index in [0.717, 1.165) is 50.7 Å². The molecular weight excluding hydrogens is 486 g/mol. The van der Waals surface area contributed by atoms with Crippen LogP contribution in [0, 0.1) is 28.6 Å². The first-order valence-corrected chi connectivity index (χ1v) is 14.4. The molecule has 4 aliphatic rings. The summed E-state index contributed by atoms with van der Waals surface area (Å²) in [7, 11) is 0. The SMILES string of the molecule is CCCC(NC(=O)C(C)NC(=O)CO/N=C1/C=C2CCC3C4CCC(O)[C@@]4(C)CCC3[C@@]2(C)CC1)C(=O)O. The van der Waals surface area contributed by atoms with Crippen molar-refractivity contribution in [3.8, 4) is 0 Å². The zero-order valence-corrected chi connectivity index (χ0v) is 23.3. The van der Waals surface area contributed by atoms with Crippen LogP contribution < -0.4 is 10.6 Å². The summed E-state index contributed by atoms with van der Waals surface area (Å²) >= 11 is 0. The minimum atomic E-state index is -1.09. The van der Waals surface area contributed by atoms with Crippen molar-refractivity contribution in [3.63, 3.8) is 0 Å². The molecule has 4 N–H and O–H groups in total. The van der Waals surface area contributed by atoms with Crippen molar-refractivity contribution in [1.29, 1.82) is 0 Å². The maximum Gasteiger partial charge on any atom is 0.326 e. The topological polar surface area (TPSA) is 137 Å². The third-order valence-corrected chi connectivity index (χ3v) is 10.3. The summed E-state index contributed by atoms with van der Waals surface area (Å²) < 4.78 is 0. The smallest absolute Gasteiger partial charge is 0.326 e. The van der Waals surface area contributed by atoms with Gasteiger partial charge >= 0.3 is 5.97 Å². The van der Waals surface area contributed by atoms with Crippen LogP contribution in [0.3, 0.4) is 0 Å². The lowest BCUT2D eigenvalue weighted by molar-refractivity contribution is -0.142. The van der Waals surface area contributed by atoms with Gasteiger partial charge in [-0.15, -0.1) is 0 Å². The van der Waals surface area contributed by atoms with Gasteiger partial charge in [0.2, 0.25) is 5.91 Å². The molecule has 0 saturated heterocycles. The van der Waals surface area contributed by atoms with Gasteiger partial charge in [-0.3, -0.25) is 9.59 Å². The van der Waals surface area contributed by atoms with Gasteiger partial charge in [0.05, 0.1) is 11.8 Å². The van der Waals surface area contributed by atoms with Crippen LogP contribution in [0.25, 0.3) is 0 Å². The van der Waals surface area contributed by atoms with Crippen LogP contribution in [-0.4, -0.2) is 58.5 Å². The Morgan fingerprint density at radius 2 is 1.87 bits per heavy atom. The molecule has 8 atom stereocenters. The maximum atomic E-state index is 12.3. The van der Waals surface area contributed by atoms with Gasteiger partial charge in [-0.05, 0) is 99.4 Å². The first kappa shape index (κ1) is 28.6. The van der Waals surface area contributed by atoms with Crippen molar-refractivity contribution in [1.82, 2.24) is 10.6 Å². The van der Waals surface area contributed by atoms with Crippen molar-refractivity contribution in [3.05, 3.63) is 11.6 Å². The first-order chi connectivity index (χ1) is 18.0. The van der Waals surface area contributed by atoms with Gasteiger partial charge in [-0.25, -0.2) is 4.79 Å². The van der Waals surface area contributed by atoms with Crippen molar-refractivity contribution >= 4 is 23.5 Å². The minimum Gasteiger partial charge on any atom is -0.480 e. The number of carbonyl (C=O) groups is 3. The number of fused-ring (bicyclic) bond motifs is 5. The molecule has 0 aromatic heterocycles. The molecule has 0 radical (unpaired) electrons. The van der Waals surface area contributed by atoms with E-state index in [0.29, 0.717) is 30.6 Å². The fourth-order valence-corrected chi connectivity index (χ4v) is 7.98. The Kier molecular flexibility index (Phi) is 8.55. The van der Waals surface area contributed by atoms with E-state index < -0.39 is 29.9 Å². The van der Waals surface area contributed by atoms with Crippen molar-refractivity contribution in [2.45, 2.75) is 110 Å². The molecule has 9 heteroatoms. The fraction of sp³-hybridized carbons (Fsp3) is 0.793. The Morgan fingerprint density at radius 3 is 2.58 bits per heavy atom. The lowest BCUT2D eigenvalue weighted by Gasteiger charge is -2.57. The van der Waals surface area contributed by atoms with Gasteiger partial charge in [0.15, 0.2) is 6.61 Å². The molecular formula is C29H45N3O6. The van der Waals surface area contributed by atoms with E-state index in [9.17, 15) is 24.6 Å². The number of carboxylic acid groups (broad SMARTS) is 1. The predicted molar refractivity (Wildman–Crippen MR) is 143 cm³/mol. The molecule has 38 heavy (non-hydrogen) atoms. The third kappa shape index (κ3) is 5.49. The standard InChI is InChI=1S/C29H45N3O6/c1-5-6-23(27(36)37)31-26(35)17(2)30-25(34)16-38-32-19-11-13-28(3)18(15-19)7-8-20-21-9-10-24(33)29(21,4)14-12-22(20)28/h15,17,20-24,33H,5-14,16H2,1-4H3,(H,30,34)(H,31,35)(H,36,37)/b32-19+/t17?,20?,21?,22?,23?,24?,28-,29-/m0/s1. The maximum absolute atomic E-state index is 12.3. The number of aliphatic hydroxyl groups is 1. The van der Waals surface area contributed by atoms with Gasteiger partial charge < -0.3 is 25.7 Å². The minimum absolute atomic E-state index is 0.0834. The second kappa shape index (κ2) is 11.4. The largest absolute Gasteiger partial charge is 0.480 e. The summed E-state index contributed by atoms with van der Waals surface area (Å²) in [6.07, 6.45) is 11.3. The normalized spacial score (nSPS) is 36.7. The number of hydrogen-bond acceptors (Lipinski definition) is 6. The van der Waals surface area contributed by atoms with Crippen molar-refractivity contribution < 1.29 is 29.4 Å². The van der Waals surface area contributed by atoms with E-state index in [1.54, 1.807) is 0 Å².